The molecule has 3 rings (SSSR count). The monoisotopic (exact) mass is 330 g/mol. The van der Waals surface area contributed by atoms with E-state index >= 15 is 0 Å². The Bertz CT molecular complexity index is 654. The van der Waals surface area contributed by atoms with Gasteiger partial charge in [0.1, 0.15) is 5.01 Å². The van der Waals surface area contributed by atoms with Crippen molar-refractivity contribution >= 4 is 17.2 Å². The van der Waals surface area contributed by atoms with E-state index in [2.05, 4.69) is 29.2 Å². The summed E-state index contributed by atoms with van der Waals surface area (Å²) < 4.78 is 0. The number of nitrogens with zero attached hydrogens (tertiary/aromatic N) is 2. The first kappa shape index (κ1) is 16.1. The number of likely N-dealkylation sites (N-methyl/N-ethyl adjacent to an activating group) is 1. The molecule has 0 bridgehead atoms. The van der Waals surface area contributed by atoms with Crippen molar-refractivity contribution in [3.63, 3.8) is 0 Å². The van der Waals surface area contributed by atoms with Crippen LogP contribution >= 0.6 is 11.3 Å². The van der Waals surface area contributed by atoms with E-state index in [1.54, 1.807) is 11.3 Å². The number of benzene rings is 1. The van der Waals surface area contributed by atoms with Crippen LogP contribution in [0.15, 0.2) is 35.8 Å². The summed E-state index contributed by atoms with van der Waals surface area (Å²) in [4.78, 5) is 20.5. The molecule has 5 heteroatoms. The zero-order chi connectivity index (χ0) is 16.2. The molecule has 1 aliphatic rings. The fourth-order valence-corrected chi connectivity index (χ4v) is 3.92. The van der Waals surface area contributed by atoms with E-state index in [9.17, 15) is 4.79 Å². The van der Waals surface area contributed by atoms with Gasteiger partial charge < -0.3 is 9.80 Å². The maximum Gasteiger partial charge on any atom is 0.278 e. The summed E-state index contributed by atoms with van der Waals surface area (Å²) in [7, 11) is 4.04. The number of carbonyl (C=O) groups is 1. The molecule has 0 unspecified atom stereocenters. The van der Waals surface area contributed by atoms with Crippen molar-refractivity contribution in [3.8, 4) is 0 Å². The minimum Gasteiger partial charge on any atom is -0.332 e. The second-order valence-corrected chi connectivity index (χ2v) is 7.42. The fraction of sp³-hybridized carbons (Fsp3) is 0.444. The zero-order valence-electron chi connectivity index (χ0n) is 13.8. The van der Waals surface area contributed by atoms with Gasteiger partial charge in [-0.2, -0.15) is 0 Å². The maximum atomic E-state index is 12.9. The Morgan fingerprint density at radius 3 is 2.96 bits per heavy atom. The van der Waals surface area contributed by atoms with E-state index in [4.69, 9.17) is 0 Å². The highest BCUT2D eigenvalue weighted by molar-refractivity contribution is 7.09. The smallest absolute Gasteiger partial charge is 0.278 e. The third-order valence-electron chi connectivity index (χ3n) is 4.33. The molecule has 1 heterocycles. The first-order valence-electron chi connectivity index (χ1n) is 8.20. The minimum atomic E-state index is 0.177. The molecule has 0 fully saturated rings. The first-order valence-corrected chi connectivity index (χ1v) is 9.08. The van der Waals surface area contributed by atoms with E-state index in [1.165, 1.54) is 11.1 Å². The van der Waals surface area contributed by atoms with Gasteiger partial charge in [-0.05, 0) is 30.4 Å². The molecule has 122 valence electrons. The van der Waals surface area contributed by atoms with Gasteiger partial charge in [-0.25, -0.2) is 4.98 Å². The van der Waals surface area contributed by atoms with E-state index < -0.39 is 0 Å². The topological polar surface area (TPSA) is 37.6 Å². The van der Waals surface area contributed by atoms with Crippen molar-refractivity contribution in [2.24, 2.45) is 0 Å². The Labute approximate surface area is 141 Å². The van der Waals surface area contributed by atoms with Crippen LogP contribution in [0.1, 0.15) is 35.0 Å². The fourth-order valence-electron chi connectivity index (χ4n) is 3.30. The molecule has 1 N–H and O–H groups in total. The minimum absolute atomic E-state index is 0.177. The number of aromatic nitrogens is 1. The van der Waals surface area contributed by atoms with Crippen molar-refractivity contribution in [1.29, 1.82) is 0 Å². The number of quaternary nitrogens is 1. The van der Waals surface area contributed by atoms with E-state index in [0.717, 1.165) is 29.2 Å². The van der Waals surface area contributed by atoms with Crippen LogP contribution in [-0.2, 0) is 17.8 Å². The van der Waals surface area contributed by atoms with Gasteiger partial charge in [0.2, 0.25) is 0 Å². The molecule has 0 saturated carbocycles. The van der Waals surface area contributed by atoms with Gasteiger partial charge in [0, 0.05) is 11.6 Å². The van der Waals surface area contributed by atoms with Crippen molar-refractivity contribution < 1.29 is 9.69 Å². The van der Waals surface area contributed by atoms with Gasteiger partial charge in [0.05, 0.1) is 26.7 Å². The van der Waals surface area contributed by atoms with Gasteiger partial charge in [-0.3, -0.25) is 4.79 Å². The second-order valence-electron chi connectivity index (χ2n) is 6.44. The average molecular weight is 330 g/mol. The van der Waals surface area contributed by atoms with Crippen LogP contribution in [0.5, 0.6) is 0 Å². The Morgan fingerprint density at radius 1 is 1.39 bits per heavy atom. The predicted octanol–water partition coefficient (Wildman–Crippen LogP) is 1.69. The molecule has 0 aliphatic heterocycles. The van der Waals surface area contributed by atoms with Crippen molar-refractivity contribution in [1.82, 2.24) is 9.88 Å². The SMILES string of the molecule is C[NH+](C)CC(=O)N(Cc1nccs1)[C@@H]1CCCc2ccccc21. The van der Waals surface area contributed by atoms with E-state index in [-0.39, 0.29) is 11.9 Å². The summed E-state index contributed by atoms with van der Waals surface area (Å²) in [5.74, 6) is 0.210. The molecule has 1 aromatic carbocycles. The molecule has 1 aliphatic carbocycles. The Kier molecular flexibility index (Phi) is 5.08. The summed E-state index contributed by atoms with van der Waals surface area (Å²) in [5, 5.41) is 2.99. The van der Waals surface area contributed by atoms with Crippen LogP contribution in [0.25, 0.3) is 0 Å². The zero-order valence-corrected chi connectivity index (χ0v) is 14.6. The number of hydrogen-bond acceptors (Lipinski definition) is 3. The van der Waals surface area contributed by atoms with Crippen LogP contribution in [0.4, 0.5) is 0 Å². The van der Waals surface area contributed by atoms with Crippen LogP contribution in [0.2, 0.25) is 0 Å². The third kappa shape index (κ3) is 3.79. The average Bonchev–Trinajstić information content (AvgIpc) is 3.04. The molecule has 1 atom stereocenters. The summed E-state index contributed by atoms with van der Waals surface area (Å²) >= 11 is 1.62. The van der Waals surface area contributed by atoms with Crippen molar-refractivity contribution in [2.45, 2.75) is 31.8 Å². The van der Waals surface area contributed by atoms with Crippen LogP contribution in [0, 0.1) is 0 Å². The lowest BCUT2D eigenvalue weighted by Gasteiger charge is -2.35. The number of thiazole rings is 1. The molecule has 1 amide bonds. The molecule has 0 saturated heterocycles. The van der Waals surface area contributed by atoms with E-state index in [0.29, 0.717) is 13.1 Å². The molecule has 1 aromatic heterocycles. The molecule has 0 spiro atoms. The molecule has 2 aromatic rings. The number of hydrogen-bond donors (Lipinski definition) is 1. The van der Waals surface area contributed by atoms with Gasteiger partial charge in [0.25, 0.3) is 5.91 Å². The quantitative estimate of drug-likeness (QED) is 0.906. The van der Waals surface area contributed by atoms with Crippen molar-refractivity contribution in [3.05, 3.63) is 52.0 Å². The highest BCUT2D eigenvalue weighted by Gasteiger charge is 2.30. The first-order chi connectivity index (χ1) is 11.1. The van der Waals surface area contributed by atoms with E-state index in [1.807, 2.05) is 30.6 Å². The number of rotatable bonds is 5. The summed E-state index contributed by atoms with van der Waals surface area (Å²) in [6.45, 7) is 1.13. The molecule has 0 radical (unpaired) electrons. The Hall–Kier alpha value is -1.72. The van der Waals surface area contributed by atoms with Gasteiger partial charge in [0.15, 0.2) is 6.54 Å². The number of nitrogens with one attached hydrogen (secondary N) is 1. The van der Waals surface area contributed by atoms with Crippen LogP contribution in [0.3, 0.4) is 0 Å². The number of fused-ring (bicyclic) bond motifs is 1. The maximum absolute atomic E-state index is 12.9. The third-order valence-corrected chi connectivity index (χ3v) is 5.09. The van der Waals surface area contributed by atoms with Crippen LogP contribution in [-0.4, -0.2) is 36.4 Å². The normalized spacial score (nSPS) is 17.1. The predicted molar refractivity (Wildman–Crippen MR) is 92.5 cm³/mol. The highest BCUT2D eigenvalue weighted by Crippen LogP contribution is 2.35. The van der Waals surface area contributed by atoms with Crippen molar-refractivity contribution in [2.75, 3.05) is 20.6 Å². The lowest BCUT2D eigenvalue weighted by atomic mass is 9.86. The summed E-state index contributed by atoms with van der Waals surface area (Å²) in [6.07, 6.45) is 5.11. The summed E-state index contributed by atoms with van der Waals surface area (Å²) in [5.41, 5.74) is 2.70. The Morgan fingerprint density at radius 2 is 2.22 bits per heavy atom. The molecule has 23 heavy (non-hydrogen) atoms. The second kappa shape index (κ2) is 7.23. The number of aryl methyl sites for hydroxylation is 1. The lowest BCUT2D eigenvalue weighted by molar-refractivity contribution is -0.849. The van der Waals surface area contributed by atoms with Crippen LogP contribution < -0.4 is 4.90 Å². The molecule has 4 nitrogen and oxygen atoms in total. The number of carbonyl (C=O) groups excluding carboxylic acids is 1. The molecular weight excluding hydrogens is 306 g/mol. The number of amides is 1. The summed E-state index contributed by atoms with van der Waals surface area (Å²) in [6, 6.07) is 8.74. The molecular formula is C18H24N3OS+. The largest absolute Gasteiger partial charge is 0.332 e. The highest BCUT2D eigenvalue weighted by atomic mass is 32.1. The lowest BCUT2D eigenvalue weighted by Crippen LogP contribution is -3.07. The van der Waals surface area contributed by atoms with Gasteiger partial charge in [-0.1, -0.05) is 24.3 Å². The standard InChI is InChI=1S/C18H23N3OS/c1-20(2)13-18(22)21(12-17-19-10-11-23-17)16-9-5-7-14-6-3-4-8-15(14)16/h3-4,6,8,10-11,16H,5,7,9,12-13H2,1-2H3/p+1/t16-/m1/s1. The van der Waals surface area contributed by atoms with Gasteiger partial charge in [-0.15, -0.1) is 11.3 Å². The Balaban J connectivity index is 1.90. The van der Waals surface area contributed by atoms with Gasteiger partial charge >= 0.3 is 0 Å².